The normalized spacial score (nSPS) is 16.4. The molecule has 7 heteroatoms. The molecule has 1 fully saturated rings. The average Bonchev–Trinajstić information content (AvgIpc) is 2.75. The zero-order valence-corrected chi connectivity index (χ0v) is 12.8. The minimum absolute atomic E-state index is 0.00474. The van der Waals surface area contributed by atoms with Crippen molar-refractivity contribution in [3.63, 3.8) is 0 Å². The summed E-state index contributed by atoms with van der Waals surface area (Å²) in [6.45, 7) is 0.904. The second-order valence-corrected chi connectivity index (χ2v) is 5.77. The number of carboxylic acids is 1. The molecule has 0 radical (unpaired) electrons. The molecule has 0 bridgehead atoms. The molecule has 0 atom stereocenters. The van der Waals surface area contributed by atoms with Gasteiger partial charge in [-0.05, 0) is 34.8 Å². The number of aliphatic carboxylic acids is 1. The van der Waals surface area contributed by atoms with Crippen molar-refractivity contribution in [1.29, 1.82) is 0 Å². The fourth-order valence-electron chi connectivity index (χ4n) is 2.31. The van der Waals surface area contributed by atoms with Gasteiger partial charge in [-0.3, -0.25) is 4.79 Å². The van der Waals surface area contributed by atoms with E-state index < -0.39 is 5.97 Å². The summed E-state index contributed by atoms with van der Waals surface area (Å²) in [5.41, 5.74) is 0.641. The highest BCUT2D eigenvalue weighted by Gasteiger charge is 2.25. The predicted octanol–water partition coefficient (Wildman–Crippen LogP) is 1.49. The first kappa shape index (κ1) is 15.1. The second kappa shape index (κ2) is 6.41. The second-order valence-electron chi connectivity index (χ2n) is 4.85. The Morgan fingerprint density at radius 3 is 2.60 bits per heavy atom. The van der Waals surface area contributed by atoms with E-state index in [1.54, 1.807) is 15.5 Å². The maximum atomic E-state index is 12.4. The van der Waals surface area contributed by atoms with Crippen LogP contribution in [0, 0.1) is 0 Å². The predicted molar refractivity (Wildman–Crippen MR) is 75.6 cm³/mol. The van der Waals surface area contributed by atoms with Gasteiger partial charge in [0, 0.05) is 30.8 Å². The highest BCUT2D eigenvalue weighted by Crippen LogP contribution is 2.19. The van der Waals surface area contributed by atoms with Crippen LogP contribution in [0.15, 0.2) is 16.7 Å². The average molecular weight is 345 g/mol. The van der Waals surface area contributed by atoms with Crippen LogP contribution in [-0.2, 0) is 16.6 Å². The standard InChI is InChI=1S/C13H17BrN2O4/c1-15-7-9(14)6-11(15)13(19)16-4-2-10(3-5-16)20-8-12(17)18/h6-7,10H,2-5,8H2,1H3,(H,17,18). The SMILES string of the molecule is Cn1cc(Br)cc1C(=O)N1CCC(OCC(=O)O)CC1. The molecule has 1 aromatic heterocycles. The Balaban J connectivity index is 1.89. The zero-order valence-electron chi connectivity index (χ0n) is 11.2. The lowest BCUT2D eigenvalue weighted by Crippen LogP contribution is -2.41. The van der Waals surface area contributed by atoms with E-state index in [2.05, 4.69) is 15.9 Å². The fourth-order valence-corrected chi connectivity index (χ4v) is 2.84. The molecular formula is C13H17BrN2O4. The third-order valence-corrected chi connectivity index (χ3v) is 3.80. The van der Waals surface area contributed by atoms with Gasteiger partial charge in [0.05, 0.1) is 6.10 Å². The van der Waals surface area contributed by atoms with Crippen LogP contribution in [0.2, 0.25) is 0 Å². The number of carbonyl (C=O) groups is 2. The van der Waals surface area contributed by atoms with E-state index in [4.69, 9.17) is 9.84 Å². The third kappa shape index (κ3) is 3.61. The molecule has 1 saturated heterocycles. The molecule has 2 rings (SSSR count). The number of carboxylic acid groups (broad SMARTS) is 1. The number of nitrogens with zero attached hydrogens (tertiary/aromatic N) is 2. The van der Waals surface area contributed by atoms with E-state index in [9.17, 15) is 9.59 Å². The van der Waals surface area contributed by atoms with Gasteiger partial charge in [0.1, 0.15) is 12.3 Å². The maximum absolute atomic E-state index is 12.4. The van der Waals surface area contributed by atoms with Crippen molar-refractivity contribution in [1.82, 2.24) is 9.47 Å². The van der Waals surface area contributed by atoms with Crippen LogP contribution >= 0.6 is 15.9 Å². The van der Waals surface area contributed by atoms with Crippen LogP contribution < -0.4 is 0 Å². The number of hydrogen-bond donors (Lipinski definition) is 1. The lowest BCUT2D eigenvalue weighted by atomic mass is 10.1. The lowest BCUT2D eigenvalue weighted by Gasteiger charge is -2.31. The van der Waals surface area contributed by atoms with Gasteiger partial charge in [0.2, 0.25) is 0 Å². The van der Waals surface area contributed by atoms with E-state index in [1.165, 1.54) is 0 Å². The van der Waals surface area contributed by atoms with Crippen molar-refractivity contribution < 1.29 is 19.4 Å². The Morgan fingerprint density at radius 1 is 1.45 bits per heavy atom. The fraction of sp³-hybridized carbons (Fsp3) is 0.538. The van der Waals surface area contributed by atoms with Gasteiger partial charge in [0.15, 0.2) is 0 Å². The molecule has 1 amide bonds. The van der Waals surface area contributed by atoms with Crippen molar-refractivity contribution in [2.45, 2.75) is 18.9 Å². The summed E-state index contributed by atoms with van der Waals surface area (Å²) in [6, 6.07) is 1.80. The van der Waals surface area contributed by atoms with Crippen molar-refractivity contribution in [3.05, 3.63) is 22.4 Å². The number of amides is 1. The first-order valence-corrected chi connectivity index (χ1v) is 7.21. The van der Waals surface area contributed by atoms with Crippen LogP contribution in [0.25, 0.3) is 0 Å². The number of aryl methyl sites for hydroxylation is 1. The molecule has 0 aliphatic carbocycles. The van der Waals surface area contributed by atoms with E-state index in [0.717, 1.165) is 4.47 Å². The summed E-state index contributed by atoms with van der Waals surface area (Å²) in [5.74, 6) is -0.966. The first-order valence-electron chi connectivity index (χ1n) is 6.42. The van der Waals surface area contributed by atoms with E-state index in [0.29, 0.717) is 31.6 Å². The molecule has 1 aliphatic heterocycles. The molecular weight excluding hydrogens is 328 g/mol. The van der Waals surface area contributed by atoms with Crippen LogP contribution in [0.5, 0.6) is 0 Å². The Bertz CT molecular complexity index is 506. The molecule has 0 saturated carbocycles. The number of aromatic nitrogens is 1. The molecule has 1 aliphatic rings. The van der Waals surface area contributed by atoms with Gasteiger partial charge in [-0.25, -0.2) is 4.79 Å². The van der Waals surface area contributed by atoms with Gasteiger partial charge in [-0.15, -0.1) is 0 Å². The highest BCUT2D eigenvalue weighted by molar-refractivity contribution is 9.10. The summed E-state index contributed by atoms with van der Waals surface area (Å²) in [5, 5.41) is 8.57. The van der Waals surface area contributed by atoms with Crippen LogP contribution in [-0.4, -0.2) is 52.3 Å². The monoisotopic (exact) mass is 344 g/mol. The van der Waals surface area contributed by atoms with E-state index in [-0.39, 0.29) is 18.6 Å². The Hall–Kier alpha value is -1.34. The molecule has 0 spiro atoms. The molecule has 110 valence electrons. The molecule has 1 N–H and O–H groups in total. The van der Waals surface area contributed by atoms with Crippen molar-refractivity contribution in [3.8, 4) is 0 Å². The summed E-state index contributed by atoms with van der Waals surface area (Å²) < 4.78 is 7.92. The summed E-state index contributed by atoms with van der Waals surface area (Å²) >= 11 is 3.35. The summed E-state index contributed by atoms with van der Waals surface area (Å²) in [4.78, 5) is 24.6. The van der Waals surface area contributed by atoms with E-state index in [1.807, 2.05) is 13.2 Å². The van der Waals surface area contributed by atoms with Crippen molar-refractivity contribution in [2.24, 2.45) is 7.05 Å². The number of likely N-dealkylation sites (tertiary alicyclic amines) is 1. The largest absolute Gasteiger partial charge is 0.480 e. The summed E-state index contributed by atoms with van der Waals surface area (Å²) in [7, 11) is 1.83. The van der Waals surface area contributed by atoms with Gasteiger partial charge in [-0.1, -0.05) is 0 Å². The number of carbonyl (C=O) groups excluding carboxylic acids is 1. The lowest BCUT2D eigenvalue weighted by molar-refractivity contribution is -0.145. The van der Waals surface area contributed by atoms with Gasteiger partial charge in [-0.2, -0.15) is 0 Å². The molecule has 20 heavy (non-hydrogen) atoms. The highest BCUT2D eigenvalue weighted by atomic mass is 79.9. The van der Waals surface area contributed by atoms with Gasteiger partial charge >= 0.3 is 5.97 Å². The first-order chi connectivity index (χ1) is 9.47. The zero-order chi connectivity index (χ0) is 14.7. The molecule has 6 nitrogen and oxygen atoms in total. The topological polar surface area (TPSA) is 71.8 Å². The number of ether oxygens (including phenoxy) is 1. The van der Waals surface area contributed by atoms with Crippen molar-refractivity contribution in [2.75, 3.05) is 19.7 Å². The van der Waals surface area contributed by atoms with E-state index >= 15 is 0 Å². The smallest absolute Gasteiger partial charge is 0.329 e. The molecule has 2 heterocycles. The Kier molecular flexibility index (Phi) is 4.82. The number of hydrogen-bond acceptors (Lipinski definition) is 3. The Morgan fingerprint density at radius 2 is 2.10 bits per heavy atom. The minimum Gasteiger partial charge on any atom is -0.480 e. The number of piperidine rings is 1. The number of rotatable bonds is 4. The maximum Gasteiger partial charge on any atom is 0.329 e. The summed E-state index contributed by atoms with van der Waals surface area (Å²) in [6.07, 6.45) is 3.11. The third-order valence-electron chi connectivity index (χ3n) is 3.36. The number of halogens is 1. The molecule has 0 aromatic carbocycles. The molecule has 0 unspecified atom stereocenters. The van der Waals surface area contributed by atoms with Crippen LogP contribution in [0.1, 0.15) is 23.3 Å². The minimum atomic E-state index is -0.961. The van der Waals surface area contributed by atoms with Gasteiger partial charge < -0.3 is 19.3 Å². The van der Waals surface area contributed by atoms with Gasteiger partial charge in [0.25, 0.3) is 5.91 Å². The quantitative estimate of drug-likeness (QED) is 0.898. The van der Waals surface area contributed by atoms with Crippen LogP contribution in [0.4, 0.5) is 0 Å². The van der Waals surface area contributed by atoms with Crippen LogP contribution in [0.3, 0.4) is 0 Å². The molecule has 1 aromatic rings. The van der Waals surface area contributed by atoms with Crippen molar-refractivity contribution >= 4 is 27.8 Å². The Labute approximate surface area is 125 Å².